The van der Waals surface area contributed by atoms with Crippen LogP contribution in [-0.2, 0) is 31.7 Å². The van der Waals surface area contributed by atoms with Crippen LogP contribution < -0.4 is 4.18 Å². The normalized spacial score (nSPS) is 22.2. The van der Waals surface area contributed by atoms with E-state index in [2.05, 4.69) is 10.1 Å². The Bertz CT molecular complexity index is 1590. The van der Waals surface area contributed by atoms with Crippen LogP contribution in [0.5, 0.6) is 11.5 Å². The van der Waals surface area contributed by atoms with Crippen LogP contribution in [-0.4, -0.2) is 67.5 Å². The number of hydrogen-bond donors (Lipinski definition) is 1. The lowest BCUT2D eigenvalue weighted by Gasteiger charge is -2.41. The van der Waals surface area contributed by atoms with Gasteiger partial charge in [0.15, 0.2) is 0 Å². The first-order valence-corrected chi connectivity index (χ1v) is 18.2. The van der Waals surface area contributed by atoms with Gasteiger partial charge in [-0.1, -0.05) is 57.5 Å². The van der Waals surface area contributed by atoms with Crippen LogP contribution in [0.4, 0.5) is 0 Å². The summed E-state index contributed by atoms with van der Waals surface area (Å²) in [4.78, 5) is 29.2. The molecule has 1 atom stereocenters. The maximum absolute atomic E-state index is 13.8. The van der Waals surface area contributed by atoms with Crippen molar-refractivity contribution < 1.29 is 27.2 Å². The number of cyclic esters (lactones) is 1. The van der Waals surface area contributed by atoms with Crippen LogP contribution in [0.25, 0.3) is 0 Å². The van der Waals surface area contributed by atoms with E-state index >= 15 is 0 Å². The number of aromatic hydroxyl groups is 1. The van der Waals surface area contributed by atoms with Gasteiger partial charge in [0.05, 0.1) is 0 Å². The minimum absolute atomic E-state index is 0.128. The lowest BCUT2D eigenvalue weighted by atomic mass is 9.77. The van der Waals surface area contributed by atoms with Crippen LogP contribution in [0.1, 0.15) is 76.0 Å². The molecule has 2 aromatic rings. The van der Waals surface area contributed by atoms with Crippen LogP contribution in [0, 0.1) is 17.7 Å². The Morgan fingerprint density at radius 1 is 1.09 bits per heavy atom. The molecule has 1 saturated heterocycles. The third kappa shape index (κ3) is 7.61. The Labute approximate surface area is 276 Å². The Kier molecular flexibility index (Phi) is 10.2. The molecule has 250 valence electrons. The van der Waals surface area contributed by atoms with Crippen molar-refractivity contribution in [2.24, 2.45) is 11.1 Å². The second kappa shape index (κ2) is 13.7. The second-order valence-electron chi connectivity index (χ2n) is 13.9. The third-order valence-electron chi connectivity index (χ3n) is 9.46. The number of carbonyl (C=O) groups is 1. The van der Waals surface area contributed by atoms with E-state index in [1.54, 1.807) is 25.1 Å². The lowest BCUT2D eigenvalue weighted by molar-refractivity contribution is -0.164. The van der Waals surface area contributed by atoms with Gasteiger partial charge in [0.1, 0.15) is 27.7 Å². The van der Waals surface area contributed by atoms with Gasteiger partial charge in [-0.2, -0.15) is 12.7 Å². The summed E-state index contributed by atoms with van der Waals surface area (Å²) in [6.07, 6.45) is 5.35. The van der Waals surface area contributed by atoms with E-state index in [-0.39, 0.29) is 34.4 Å². The molecule has 2 aromatic carbocycles. The molecule has 2 heterocycles. The largest absolute Gasteiger partial charge is 0.508 e. The maximum atomic E-state index is 13.8. The number of ether oxygens (including phenoxy) is 1. The van der Waals surface area contributed by atoms with Crippen molar-refractivity contribution in [3.05, 3.63) is 68.6 Å². The highest BCUT2D eigenvalue weighted by molar-refractivity contribution is 8.04. The summed E-state index contributed by atoms with van der Waals surface area (Å²) in [5, 5.41) is 13.1. The topological polar surface area (TPSA) is 126 Å². The number of thioether (sulfide) groups is 1. The average Bonchev–Trinajstić information content (AvgIpc) is 3.55. The SMILES string of the molecule is Cc1cc(SC2=C(N=O)CC(CCc3ccc(O)cc3)(C3CCCC3)OC2=O)c(C(C)(C)C)cc1OS(=O)(=O)N1CCN(C)CC1. The van der Waals surface area contributed by atoms with Crippen molar-refractivity contribution in [1.29, 1.82) is 0 Å². The Morgan fingerprint density at radius 2 is 1.74 bits per heavy atom. The monoisotopic (exact) mass is 671 g/mol. The molecule has 2 fully saturated rings. The van der Waals surface area contributed by atoms with Crippen LogP contribution in [0.2, 0.25) is 0 Å². The minimum Gasteiger partial charge on any atom is -0.508 e. The van der Waals surface area contributed by atoms with Gasteiger partial charge in [0.2, 0.25) is 0 Å². The van der Waals surface area contributed by atoms with Crippen molar-refractivity contribution >= 4 is 28.0 Å². The molecule has 3 aliphatic rings. The Balaban J connectivity index is 1.44. The van der Waals surface area contributed by atoms with Gasteiger partial charge in [0, 0.05) is 37.5 Å². The summed E-state index contributed by atoms with van der Waals surface area (Å²) in [5.41, 5.74) is 1.28. The van der Waals surface area contributed by atoms with Gasteiger partial charge in [-0.3, -0.25) is 0 Å². The highest BCUT2D eigenvalue weighted by Crippen LogP contribution is 2.50. The number of piperazine rings is 1. The first-order valence-electron chi connectivity index (χ1n) is 16.0. The first-order chi connectivity index (χ1) is 21.7. The summed E-state index contributed by atoms with van der Waals surface area (Å²) in [5.74, 6) is -0.00463. The van der Waals surface area contributed by atoms with E-state index in [1.807, 2.05) is 46.0 Å². The van der Waals surface area contributed by atoms with E-state index in [4.69, 9.17) is 8.92 Å². The molecule has 0 bridgehead atoms. The van der Waals surface area contributed by atoms with Gasteiger partial charge in [0.25, 0.3) is 0 Å². The molecule has 0 spiro atoms. The van der Waals surface area contributed by atoms with Crippen molar-refractivity contribution in [2.75, 3.05) is 33.2 Å². The predicted octanol–water partition coefficient (Wildman–Crippen LogP) is 6.45. The number of hydrogen-bond acceptors (Lipinski definition) is 10. The maximum Gasteiger partial charge on any atom is 0.385 e. The number of esters is 1. The minimum atomic E-state index is -4.01. The predicted molar refractivity (Wildman–Crippen MR) is 179 cm³/mol. The molecule has 0 amide bonds. The summed E-state index contributed by atoms with van der Waals surface area (Å²) in [7, 11) is -2.05. The number of nitroso groups, excluding NO2 is 1. The number of phenolic OH excluding ortho intramolecular Hbond substituents is 1. The fourth-order valence-corrected chi connectivity index (χ4v) is 9.08. The summed E-state index contributed by atoms with van der Waals surface area (Å²) in [6, 6.07) is 10.5. The van der Waals surface area contributed by atoms with Crippen molar-refractivity contribution in [2.45, 2.75) is 88.6 Å². The van der Waals surface area contributed by atoms with Crippen LogP contribution in [0.15, 0.2) is 57.1 Å². The zero-order valence-electron chi connectivity index (χ0n) is 27.4. The smallest absolute Gasteiger partial charge is 0.385 e. The van der Waals surface area contributed by atoms with E-state index < -0.39 is 27.3 Å². The van der Waals surface area contributed by atoms with Gasteiger partial charge in [-0.05, 0) is 97.1 Å². The van der Waals surface area contributed by atoms with Crippen LogP contribution in [0.3, 0.4) is 0 Å². The molecule has 1 N–H and O–H groups in total. The van der Waals surface area contributed by atoms with Crippen molar-refractivity contribution in [1.82, 2.24) is 9.21 Å². The Hall–Kier alpha value is -2.93. The van der Waals surface area contributed by atoms with E-state index in [0.29, 0.717) is 49.5 Å². The zero-order valence-corrected chi connectivity index (χ0v) is 29.0. The molecule has 10 nitrogen and oxygen atoms in total. The van der Waals surface area contributed by atoms with Crippen molar-refractivity contribution in [3.8, 4) is 11.5 Å². The van der Waals surface area contributed by atoms with E-state index in [0.717, 1.165) is 48.6 Å². The second-order valence-corrected chi connectivity index (χ2v) is 16.4. The molecule has 0 radical (unpaired) electrons. The number of aryl methyl sites for hydroxylation is 2. The molecule has 1 unspecified atom stereocenters. The average molecular weight is 672 g/mol. The number of carbonyl (C=O) groups excluding carboxylic acids is 1. The Morgan fingerprint density at radius 3 is 2.35 bits per heavy atom. The molecule has 0 aromatic heterocycles. The van der Waals surface area contributed by atoms with Gasteiger partial charge in [-0.15, -0.1) is 4.91 Å². The first kappa shape index (κ1) is 34.4. The number of rotatable bonds is 10. The molecule has 2 aliphatic heterocycles. The quantitative estimate of drug-likeness (QED) is 0.224. The molecular weight excluding hydrogens is 627 g/mol. The fourth-order valence-electron chi connectivity index (χ4n) is 6.67. The molecular formula is C34H45N3O7S2. The molecule has 1 aliphatic carbocycles. The molecule has 46 heavy (non-hydrogen) atoms. The molecule has 12 heteroatoms. The summed E-state index contributed by atoms with van der Waals surface area (Å²) >= 11 is 1.15. The molecule has 5 rings (SSSR count). The summed E-state index contributed by atoms with van der Waals surface area (Å²) < 4.78 is 39.8. The number of phenols is 1. The standard InChI is InChI=1S/C34H45N3O7S2/c1-23-20-30(27(33(2,3)4)21-29(23)44-46(41,42)37-18-16-36(5)17-19-37)45-31-28(35-40)22-34(43-32(31)39,25-8-6-7-9-25)15-14-24-10-12-26(38)13-11-24/h10-13,20-21,25,38H,6-9,14-19,22H2,1-5H3. The fraction of sp³-hybridized carbons (Fsp3) is 0.559. The summed E-state index contributed by atoms with van der Waals surface area (Å²) in [6.45, 7) is 9.74. The van der Waals surface area contributed by atoms with Crippen LogP contribution >= 0.6 is 11.8 Å². The van der Waals surface area contributed by atoms with Gasteiger partial charge in [-0.25, -0.2) is 4.79 Å². The van der Waals surface area contributed by atoms with E-state index in [1.165, 1.54) is 4.31 Å². The number of nitrogens with zero attached hydrogens (tertiary/aromatic N) is 3. The van der Waals surface area contributed by atoms with E-state index in [9.17, 15) is 23.2 Å². The van der Waals surface area contributed by atoms with Gasteiger partial charge < -0.3 is 18.9 Å². The van der Waals surface area contributed by atoms with Gasteiger partial charge >= 0.3 is 16.3 Å². The zero-order chi connectivity index (χ0) is 33.3. The molecule has 1 saturated carbocycles. The highest BCUT2D eigenvalue weighted by Gasteiger charge is 2.48. The lowest BCUT2D eigenvalue weighted by Crippen LogP contribution is -2.48. The third-order valence-corrected chi connectivity index (χ3v) is 12.0. The highest BCUT2D eigenvalue weighted by atomic mass is 32.2. The number of likely N-dealkylation sites (N-methyl/N-ethyl adjacent to an activating group) is 1. The number of benzene rings is 2. The van der Waals surface area contributed by atoms with Crippen molar-refractivity contribution in [3.63, 3.8) is 0 Å².